The van der Waals surface area contributed by atoms with Gasteiger partial charge in [-0.25, -0.2) is 9.59 Å². The van der Waals surface area contributed by atoms with Gasteiger partial charge in [-0.05, 0) is 12.2 Å². The number of allylic oxidation sites excluding steroid dienone is 3. The smallest absolute Gasteiger partial charge is 0.328 e. The van der Waals surface area contributed by atoms with Gasteiger partial charge >= 0.3 is 11.9 Å². The van der Waals surface area contributed by atoms with Crippen LogP contribution in [0.25, 0.3) is 0 Å². The number of rotatable bonds is 5. The minimum atomic E-state index is -1.10. The van der Waals surface area contributed by atoms with Crippen molar-refractivity contribution in [3.8, 4) is 0 Å². The summed E-state index contributed by atoms with van der Waals surface area (Å²) < 4.78 is 4.75. The Morgan fingerprint density at radius 1 is 1.07 bits per heavy atom. The Morgan fingerprint density at radius 2 is 1.64 bits per heavy atom. The Hall–Kier alpha value is -2.04. The first-order valence-corrected chi connectivity index (χ1v) is 3.62. The Kier molecular flexibility index (Phi) is 5.53. The van der Waals surface area contributed by atoms with Crippen molar-refractivity contribution < 1.29 is 24.5 Å². The van der Waals surface area contributed by atoms with E-state index in [1.807, 2.05) is 0 Å². The molecule has 2 N–H and O–H groups in total. The van der Waals surface area contributed by atoms with E-state index in [0.717, 1.165) is 12.2 Å². The fourth-order valence-corrected chi connectivity index (χ4v) is 0.570. The summed E-state index contributed by atoms with van der Waals surface area (Å²) in [4.78, 5) is 20.2. The van der Waals surface area contributed by atoms with Gasteiger partial charge in [0.15, 0.2) is 0 Å². The summed E-state index contributed by atoms with van der Waals surface area (Å²) in [6.45, 7) is 0. The first-order valence-electron chi connectivity index (χ1n) is 3.62. The maximum Gasteiger partial charge on any atom is 0.328 e. The lowest BCUT2D eigenvalue weighted by Gasteiger charge is -1.96. The lowest BCUT2D eigenvalue weighted by Crippen LogP contribution is -1.89. The molecule has 5 nitrogen and oxygen atoms in total. The van der Waals surface area contributed by atoms with Crippen molar-refractivity contribution >= 4 is 11.9 Å². The molecule has 0 aliphatic rings. The Balaban J connectivity index is 4.40. The van der Waals surface area contributed by atoms with Crippen LogP contribution in [0.3, 0.4) is 0 Å². The molecular weight excluding hydrogens is 188 g/mol. The van der Waals surface area contributed by atoms with Gasteiger partial charge in [0.2, 0.25) is 0 Å². The summed E-state index contributed by atoms with van der Waals surface area (Å²) in [6, 6.07) is 0. The molecule has 14 heavy (non-hydrogen) atoms. The number of carboxylic acid groups (broad SMARTS) is 2. The molecule has 0 saturated heterocycles. The van der Waals surface area contributed by atoms with Gasteiger partial charge < -0.3 is 14.9 Å². The molecule has 0 rings (SSSR count). The molecule has 0 aromatic heterocycles. The molecule has 0 bridgehead atoms. The fraction of sp³-hybridized carbons (Fsp3) is 0.111. The summed E-state index contributed by atoms with van der Waals surface area (Å²) in [6.07, 6.45) is 5.60. The van der Waals surface area contributed by atoms with Crippen molar-refractivity contribution in [3.63, 3.8) is 0 Å². The molecule has 0 fully saturated rings. The number of hydrogen-bond donors (Lipinski definition) is 2. The molecule has 0 atom stereocenters. The summed E-state index contributed by atoms with van der Waals surface area (Å²) in [5.74, 6) is -1.93. The quantitative estimate of drug-likeness (QED) is 0.387. The van der Waals surface area contributed by atoms with E-state index >= 15 is 0 Å². The maximum atomic E-state index is 10.1. The molecule has 0 saturated carbocycles. The molecule has 0 spiro atoms. The second-order valence-electron chi connectivity index (χ2n) is 2.14. The average Bonchev–Trinajstić information content (AvgIpc) is 2.10. The number of carbonyl (C=O) groups is 2. The lowest BCUT2D eigenvalue weighted by molar-refractivity contribution is -0.132. The van der Waals surface area contributed by atoms with Gasteiger partial charge in [0, 0.05) is 12.2 Å². The number of ether oxygens (including phenoxy) is 1. The van der Waals surface area contributed by atoms with Crippen molar-refractivity contribution in [1.29, 1.82) is 0 Å². The van der Waals surface area contributed by atoms with E-state index in [1.54, 1.807) is 0 Å². The third-order valence-electron chi connectivity index (χ3n) is 1.13. The topological polar surface area (TPSA) is 83.8 Å². The van der Waals surface area contributed by atoms with Crippen molar-refractivity contribution in [2.75, 3.05) is 7.11 Å². The summed E-state index contributed by atoms with van der Waals surface area (Å²) in [5, 5.41) is 16.5. The Morgan fingerprint density at radius 3 is 2.07 bits per heavy atom. The minimum Gasteiger partial charge on any atom is -0.497 e. The van der Waals surface area contributed by atoms with Gasteiger partial charge in [-0.1, -0.05) is 6.08 Å². The molecule has 0 aliphatic heterocycles. The van der Waals surface area contributed by atoms with Crippen LogP contribution in [0.1, 0.15) is 0 Å². The number of methoxy groups -OCH3 is 1. The number of hydrogen-bond acceptors (Lipinski definition) is 3. The molecule has 0 aromatic carbocycles. The van der Waals surface area contributed by atoms with E-state index < -0.39 is 11.9 Å². The molecule has 0 aliphatic carbocycles. The highest BCUT2D eigenvalue weighted by Crippen LogP contribution is 1.97. The van der Waals surface area contributed by atoms with Crippen LogP contribution >= 0.6 is 0 Å². The molecule has 0 unspecified atom stereocenters. The molecular formula is C9H10O5. The zero-order valence-electron chi connectivity index (χ0n) is 7.51. The molecule has 5 heteroatoms. The number of carboxylic acids is 2. The zero-order chi connectivity index (χ0) is 11.0. The van der Waals surface area contributed by atoms with Gasteiger partial charge in [0.05, 0.1) is 7.11 Å². The van der Waals surface area contributed by atoms with E-state index in [2.05, 4.69) is 0 Å². The molecule has 0 aromatic rings. The number of aliphatic carboxylic acids is 2. The standard InChI is InChI=1S/C9H10O5/c1-14-7(5-6-9(12)13)3-2-4-8(10)11/h2-6H,1H3,(H,10,11)(H,12,13)/b4-2+,6-5+,7-3+. The second-order valence-corrected chi connectivity index (χ2v) is 2.14. The van der Waals surface area contributed by atoms with Crippen molar-refractivity contribution in [2.24, 2.45) is 0 Å². The Labute approximate surface area is 80.6 Å². The minimum absolute atomic E-state index is 0.255. The van der Waals surface area contributed by atoms with Crippen molar-refractivity contribution in [1.82, 2.24) is 0 Å². The van der Waals surface area contributed by atoms with Crippen LogP contribution in [-0.4, -0.2) is 29.3 Å². The van der Waals surface area contributed by atoms with Crippen LogP contribution in [0.4, 0.5) is 0 Å². The second kappa shape index (κ2) is 6.47. The van der Waals surface area contributed by atoms with Gasteiger partial charge in [0.1, 0.15) is 5.76 Å². The predicted molar refractivity (Wildman–Crippen MR) is 48.6 cm³/mol. The SMILES string of the molecule is COC(/C=C/C(=O)O)=C/C=C/C(=O)O. The highest BCUT2D eigenvalue weighted by atomic mass is 16.5. The average molecular weight is 198 g/mol. The lowest BCUT2D eigenvalue weighted by atomic mass is 10.3. The fourth-order valence-electron chi connectivity index (χ4n) is 0.570. The highest BCUT2D eigenvalue weighted by Gasteiger charge is 1.90. The van der Waals surface area contributed by atoms with E-state index in [4.69, 9.17) is 14.9 Å². The monoisotopic (exact) mass is 198 g/mol. The van der Waals surface area contributed by atoms with Gasteiger partial charge in [-0.2, -0.15) is 0 Å². The third-order valence-corrected chi connectivity index (χ3v) is 1.13. The third kappa shape index (κ3) is 6.66. The van der Waals surface area contributed by atoms with E-state index in [9.17, 15) is 9.59 Å². The Bertz CT molecular complexity index is 298. The van der Waals surface area contributed by atoms with Crippen LogP contribution in [-0.2, 0) is 14.3 Å². The summed E-state index contributed by atoms with van der Waals surface area (Å²) in [5.41, 5.74) is 0. The predicted octanol–water partition coefficient (Wildman–Crippen LogP) is 0.798. The van der Waals surface area contributed by atoms with Crippen molar-refractivity contribution in [2.45, 2.75) is 0 Å². The zero-order valence-corrected chi connectivity index (χ0v) is 7.51. The van der Waals surface area contributed by atoms with Gasteiger partial charge in [0.25, 0.3) is 0 Å². The maximum absolute atomic E-state index is 10.1. The van der Waals surface area contributed by atoms with Gasteiger partial charge in [-0.3, -0.25) is 0 Å². The summed E-state index contributed by atoms with van der Waals surface area (Å²) in [7, 11) is 1.35. The van der Waals surface area contributed by atoms with Crippen LogP contribution in [0.2, 0.25) is 0 Å². The van der Waals surface area contributed by atoms with Gasteiger partial charge in [-0.15, -0.1) is 0 Å². The first kappa shape index (κ1) is 12.0. The molecule has 0 radical (unpaired) electrons. The highest BCUT2D eigenvalue weighted by molar-refractivity contribution is 5.81. The molecule has 76 valence electrons. The molecule has 0 amide bonds. The van der Waals surface area contributed by atoms with E-state index in [1.165, 1.54) is 25.3 Å². The van der Waals surface area contributed by atoms with Crippen LogP contribution < -0.4 is 0 Å². The first-order chi connectivity index (χ1) is 6.56. The van der Waals surface area contributed by atoms with Crippen LogP contribution in [0.5, 0.6) is 0 Å². The van der Waals surface area contributed by atoms with Crippen molar-refractivity contribution in [3.05, 3.63) is 36.1 Å². The largest absolute Gasteiger partial charge is 0.497 e. The van der Waals surface area contributed by atoms with E-state index in [-0.39, 0.29) is 5.76 Å². The normalized spacial score (nSPS) is 12.2. The van der Waals surface area contributed by atoms with E-state index in [0.29, 0.717) is 0 Å². The van der Waals surface area contributed by atoms with Crippen LogP contribution in [0, 0.1) is 0 Å². The summed E-state index contributed by atoms with van der Waals surface area (Å²) >= 11 is 0. The van der Waals surface area contributed by atoms with Crippen LogP contribution in [0.15, 0.2) is 36.1 Å². The molecule has 0 heterocycles.